The lowest BCUT2D eigenvalue weighted by atomic mass is 9.86. The van der Waals surface area contributed by atoms with Crippen molar-refractivity contribution >= 4 is 17.7 Å². The summed E-state index contributed by atoms with van der Waals surface area (Å²) >= 11 is 0. The predicted molar refractivity (Wildman–Crippen MR) is 109 cm³/mol. The number of benzene rings is 3. The number of rotatable bonds is 4. The lowest BCUT2D eigenvalue weighted by molar-refractivity contribution is 0.0732. The number of carbonyl (C=O) groups is 3. The molecule has 5 nitrogen and oxygen atoms in total. The van der Waals surface area contributed by atoms with E-state index in [4.69, 9.17) is 10.5 Å². The second-order valence-corrected chi connectivity index (χ2v) is 6.94. The minimum atomic E-state index is -0.709. The van der Waals surface area contributed by atoms with Crippen molar-refractivity contribution in [3.63, 3.8) is 0 Å². The van der Waals surface area contributed by atoms with E-state index in [1.807, 2.05) is 42.5 Å². The van der Waals surface area contributed by atoms with Crippen LogP contribution < -0.4 is 10.5 Å². The number of fused-ring (bicyclic) bond motifs is 1. The second kappa shape index (κ2) is 7.72. The summed E-state index contributed by atoms with van der Waals surface area (Å²) in [6, 6.07) is 19.9. The van der Waals surface area contributed by atoms with Crippen LogP contribution >= 0.6 is 0 Å². The third-order valence-electron chi connectivity index (χ3n) is 5.08. The van der Waals surface area contributed by atoms with Crippen molar-refractivity contribution < 1.29 is 19.1 Å². The van der Waals surface area contributed by atoms with E-state index in [0.717, 1.165) is 11.1 Å². The van der Waals surface area contributed by atoms with Gasteiger partial charge in [-0.3, -0.25) is 9.59 Å². The van der Waals surface area contributed by atoms with Crippen molar-refractivity contribution in [2.75, 3.05) is 0 Å². The lowest BCUT2D eigenvalue weighted by Crippen LogP contribution is -2.22. The van der Waals surface area contributed by atoms with E-state index in [-0.39, 0.29) is 17.1 Å². The van der Waals surface area contributed by atoms with Gasteiger partial charge in [0.15, 0.2) is 5.78 Å². The Bertz CT molecular complexity index is 1100. The largest absolute Gasteiger partial charge is 0.422 e. The number of Topliss-reactive ketones (excluding diaryl/α,β-unsaturated/α-hetero) is 1. The zero-order valence-corrected chi connectivity index (χ0v) is 15.7. The van der Waals surface area contributed by atoms with Gasteiger partial charge in [0.1, 0.15) is 5.75 Å². The first-order valence-corrected chi connectivity index (χ1v) is 9.41. The first-order valence-electron chi connectivity index (χ1n) is 9.41. The molecule has 0 heterocycles. The molecule has 3 aromatic carbocycles. The number of amides is 1. The second-order valence-electron chi connectivity index (χ2n) is 6.94. The summed E-state index contributed by atoms with van der Waals surface area (Å²) < 4.78 is 5.49. The summed E-state index contributed by atoms with van der Waals surface area (Å²) in [5.41, 5.74) is 9.09. The summed E-state index contributed by atoms with van der Waals surface area (Å²) in [7, 11) is 0. The van der Waals surface area contributed by atoms with Gasteiger partial charge in [-0.05, 0) is 53.8 Å². The van der Waals surface area contributed by atoms with Crippen molar-refractivity contribution in [1.82, 2.24) is 0 Å². The number of esters is 1. The molecule has 0 aliphatic heterocycles. The molecule has 1 aliphatic rings. The maximum atomic E-state index is 12.6. The number of hydrogen-bond acceptors (Lipinski definition) is 4. The summed E-state index contributed by atoms with van der Waals surface area (Å²) in [4.78, 5) is 36.8. The van der Waals surface area contributed by atoms with E-state index in [1.54, 1.807) is 18.2 Å². The van der Waals surface area contributed by atoms with Crippen LogP contribution in [0.1, 0.15) is 49.5 Å². The number of hydrogen-bond donors (Lipinski definition) is 1. The van der Waals surface area contributed by atoms with Crippen molar-refractivity contribution in [2.45, 2.75) is 19.3 Å². The van der Waals surface area contributed by atoms with Gasteiger partial charge in [0.05, 0.1) is 11.1 Å². The van der Waals surface area contributed by atoms with Crippen LogP contribution in [0.2, 0.25) is 0 Å². The topological polar surface area (TPSA) is 86.5 Å². The number of primary amides is 1. The van der Waals surface area contributed by atoms with E-state index >= 15 is 0 Å². The molecule has 0 saturated heterocycles. The van der Waals surface area contributed by atoms with Crippen LogP contribution in [0, 0.1) is 0 Å². The average Bonchev–Trinajstić information content (AvgIpc) is 2.74. The Hall–Kier alpha value is -3.73. The average molecular weight is 385 g/mol. The Labute approximate surface area is 168 Å². The SMILES string of the molecule is NC(=O)c1c(OC(=O)c2ccc(-c3ccccc3)cc2)ccc2c1CCCC2=O. The molecule has 0 aromatic heterocycles. The van der Waals surface area contributed by atoms with Crippen molar-refractivity contribution in [1.29, 1.82) is 0 Å². The fourth-order valence-electron chi connectivity index (χ4n) is 3.65. The standard InChI is InChI=1S/C24H19NO4/c25-23(27)22-19-7-4-8-20(26)18(19)13-14-21(22)29-24(28)17-11-9-16(10-12-17)15-5-2-1-3-6-15/h1-3,5-6,9-14H,4,7-8H2,(H2,25,27). The third kappa shape index (κ3) is 3.67. The molecule has 0 atom stereocenters. The van der Waals surface area contributed by atoms with Crippen LogP contribution in [0.4, 0.5) is 0 Å². The molecule has 2 N–H and O–H groups in total. The summed E-state index contributed by atoms with van der Waals surface area (Å²) in [5, 5.41) is 0. The monoisotopic (exact) mass is 385 g/mol. The molecule has 1 aliphatic carbocycles. The normalized spacial score (nSPS) is 12.9. The van der Waals surface area contributed by atoms with Gasteiger partial charge >= 0.3 is 5.97 Å². The van der Waals surface area contributed by atoms with E-state index in [2.05, 4.69) is 0 Å². The van der Waals surface area contributed by atoms with Gasteiger partial charge in [0, 0.05) is 12.0 Å². The first-order chi connectivity index (χ1) is 14.0. The summed E-state index contributed by atoms with van der Waals surface area (Å²) in [5.74, 6) is -1.24. The lowest BCUT2D eigenvalue weighted by Gasteiger charge is -2.19. The zero-order chi connectivity index (χ0) is 20.4. The Morgan fingerprint density at radius 3 is 2.21 bits per heavy atom. The number of ketones is 1. The number of ether oxygens (including phenoxy) is 1. The van der Waals surface area contributed by atoms with Crippen LogP contribution in [0.5, 0.6) is 5.75 Å². The Balaban J connectivity index is 1.62. The van der Waals surface area contributed by atoms with Crippen LogP contribution in [0.25, 0.3) is 11.1 Å². The highest BCUT2D eigenvalue weighted by atomic mass is 16.5. The predicted octanol–water partition coefficient (Wildman–Crippen LogP) is 4.19. The van der Waals surface area contributed by atoms with Crippen molar-refractivity contribution in [2.24, 2.45) is 5.73 Å². The zero-order valence-electron chi connectivity index (χ0n) is 15.7. The van der Waals surface area contributed by atoms with E-state index < -0.39 is 11.9 Å². The maximum Gasteiger partial charge on any atom is 0.343 e. The van der Waals surface area contributed by atoms with Gasteiger partial charge in [-0.25, -0.2) is 4.79 Å². The van der Waals surface area contributed by atoms with Gasteiger partial charge in [0.2, 0.25) is 0 Å². The first kappa shape index (κ1) is 18.6. The van der Waals surface area contributed by atoms with E-state index in [9.17, 15) is 14.4 Å². The molecule has 0 bridgehead atoms. The Kier molecular flexibility index (Phi) is 4.96. The Morgan fingerprint density at radius 1 is 0.828 bits per heavy atom. The molecule has 0 saturated carbocycles. The molecule has 4 rings (SSSR count). The molecular formula is C24H19NO4. The smallest absolute Gasteiger partial charge is 0.343 e. The summed E-state index contributed by atoms with van der Waals surface area (Å²) in [6.45, 7) is 0. The van der Waals surface area contributed by atoms with Gasteiger partial charge in [-0.2, -0.15) is 0 Å². The van der Waals surface area contributed by atoms with E-state index in [1.165, 1.54) is 6.07 Å². The van der Waals surface area contributed by atoms with E-state index in [0.29, 0.717) is 36.0 Å². The van der Waals surface area contributed by atoms with Crippen LogP contribution in [-0.2, 0) is 6.42 Å². The third-order valence-corrected chi connectivity index (χ3v) is 5.08. The molecule has 29 heavy (non-hydrogen) atoms. The summed E-state index contributed by atoms with van der Waals surface area (Å²) in [6.07, 6.45) is 1.64. The fraction of sp³-hybridized carbons (Fsp3) is 0.125. The molecule has 3 aromatic rings. The number of nitrogens with two attached hydrogens (primary N) is 1. The van der Waals surface area contributed by atoms with Crippen molar-refractivity contribution in [3.05, 3.63) is 89.0 Å². The van der Waals surface area contributed by atoms with Crippen LogP contribution in [0.3, 0.4) is 0 Å². The van der Waals surface area contributed by atoms with Gasteiger partial charge in [-0.1, -0.05) is 42.5 Å². The van der Waals surface area contributed by atoms with Gasteiger partial charge in [-0.15, -0.1) is 0 Å². The van der Waals surface area contributed by atoms with Gasteiger partial charge in [0.25, 0.3) is 5.91 Å². The maximum absolute atomic E-state index is 12.6. The van der Waals surface area contributed by atoms with Crippen LogP contribution in [-0.4, -0.2) is 17.7 Å². The highest BCUT2D eigenvalue weighted by Gasteiger charge is 2.26. The minimum absolute atomic E-state index is 0.0249. The highest BCUT2D eigenvalue weighted by Crippen LogP contribution is 2.31. The number of carbonyl (C=O) groups excluding carboxylic acids is 3. The molecule has 144 valence electrons. The quantitative estimate of drug-likeness (QED) is 0.539. The highest BCUT2D eigenvalue weighted by molar-refractivity contribution is 6.05. The molecule has 1 amide bonds. The van der Waals surface area contributed by atoms with Crippen LogP contribution in [0.15, 0.2) is 66.7 Å². The Morgan fingerprint density at radius 2 is 1.52 bits per heavy atom. The molecule has 0 unspecified atom stereocenters. The fourth-order valence-corrected chi connectivity index (χ4v) is 3.65. The molecule has 5 heteroatoms. The molecular weight excluding hydrogens is 366 g/mol. The molecule has 0 fully saturated rings. The minimum Gasteiger partial charge on any atom is -0.422 e. The van der Waals surface area contributed by atoms with Gasteiger partial charge < -0.3 is 10.5 Å². The molecule has 0 spiro atoms. The van der Waals surface area contributed by atoms with Crippen molar-refractivity contribution in [3.8, 4) is 16.9 Å². The molecule has 0 radical (unpaired) electrons.